The number of allylic oxidation sites excluding steroid dienone is 2. The molecule has 0 aromatic rings. The number of hydrogen-bond donors (Lipinski definition) is 2. The lowest BCUT2D eigenvalue weighted by Gasteiger charge is -2.42. The second-order valence-corrected chi connectivity index (χ2v) is 10.5. The highest BCUT2D eigenvalue weighted by Gasteiger charge is 2.45. The van der Waals surface area contributed by atoms with Gasteiger partial charge in [-0.1, -0.05) is 37.4 Å². The molecule has 29 heavy (non-hydrogen) atoms. The van der Waals surface area contributed by atoms with Crippen molar-refractivity contribution in [3.05, 3.63) is 21.7 Å². The lowest BCUT2D eigenvalue weighted by atomic mass is 9.82. The molecule has 2 N–H and O–H groups in total. The van der Waals surface area contributed by atoms with Gasteiger partial charge in [0, 0.05) is 36.2 Å². The Labute approximate surface area is 178 Å². The molecular weight excluding hydrogens is 384 g/mol. The molecule has 5 aliphatic rings. The minimum absolute atomic E-state index is 0.0152. The molecular formula is C23H34N2O3S. The monoisotopic (exact) mass is 418 g/mol. The molecule has 4 aliphatic heterocycles. The number of carbonyl (C=O) groups is 1. The van der Waals surface area contributed by atoms with Crippen molar-refractivity contribution in [2.24, 2.45) is 11.8 Å². The first-order chi connectivity index (χ1) is 14.2. The molecule has 160 valence electrons. The Kier molecular flexibility index (Phi) is 5.94. The number of piperidine rings is 1. The summed E-state index contributed by atoms with van der Waals surface area (Å²) < 4.78 is 5.88. The predicted molar refractivity (Wildman–Crippen MR) is 115 cm³/mol. The van der Waals surface area contributed by atoms with Crippen molar-refractivity contribution >= 4 is 17.7 Å². The van der Waals surface area contributed by atoms with E-state index in [0.717, 1.165) is 63.3 Å². The highest BCUT2D eigenvalue weighted by atomic mass is 32.2. The lowest BCUT2D eigenvalue weighted by molar-refractivity contribution is -0.133. The Morgan fingerprint density at radius 2 is 1.97 bits per heavy atom. The molecule has 5 rings (SSSR count). The molecule has 5 nitrogen and oxygen atoms in total. The Hall–Kier alpha value is -0.980. The first kappa shape index (κ1) is 20.0. The maximum Gasteiger partial charge on any atom is 0.334 e. The summed E-state index contributed by atoms with van der Waals surface area (Å²) in [6.07, 6.45) is 13.4. The van der Waals surface area contributed by atoms with Gasteiger partial charge in [0.15, 0.2) is 0 Å². The fourth-order valence-electron chi connectivity index (χ4n) is 6.03. The quantitative estimate of drug-likeness (QED) is 0.664. The first-order valence-corrected chi connectivity index (χ1v) is 12.6. The van der Waals surface area contributed by atoms with E-state index in [2.05, 4.69) is 10.2 Å². The number of thioether (sulfide) groups is 1. The second-order valence-electron chi connectivity index (χ2n) is 9.40. The van der Waals surface area contributed by atoms with Gasteiger partial charge in [-0.05, 0) is 56.4 Å². The Morgan fingerprint density at radius 3 is 2.72 bits per heavy atom. The summed E-state index contributed by atoms with van der Waals surface area (Å²) in [6.45, 7) is 2.93. The molecule has 0 aromatic heterocycles. The van der Waals surface area contributed by atoms with Crippen LogP contribution in [0.25, 0.3) is 0 Å². The topological polar surface area (TPSA) is 61.8 Å². The summed E-state index contributed by atoms with van der Waals surface area (Å²) in [6, 6.07) is 0. The summed E-state index contributed by atoms with van der Waals surface area (Å²) in [5.74, 6) is 0.504. The number of nitrogens with zero attached hydrogens (tertiary/aromatic N) is 1. The lowest BCUT2D eigenvalue weighted by Crippen LogP contribution is -2.42. The first-order valence-electron chi connectivity index (χ1n) is 11.7. The van der Waals surface area contributed by atoms with E-state index in [1.54, 1.807) is 11.8 Å². The highest BCUT2D eigenvalue weighted by molar-refractivity contribution is 8.04. The third kappa shape index (κ3) is 4.00. The van der Waals surface area contributed by atoms with Crippen LogP contribution < -0.4 is 5.32 Å². The van der Waals surface area contributed by atoms with E-state index in [-0.39, 0.29) is 11.6 Å². The number of ether oxygens (including phenoxy) is 1. The minimum atomic E-state index is -0.745. The van der Waals surface area contributed by atoms with Crippen LogP contribution in [0.2, 0.25) is 0 Å². The molecule has 3 fully saturated rings. The van der Waals surface area contributed by atoms with Gasteiger partial charge in [-0.25, -0.2) is 4.79 Å². The molecule has 4 heterocycles. The van der Waals surface area contributed by atoms with Crippen LogP contribution in [0.5, 0.6) is 0 Å². The van der Waals surface area contributed by atoms with E-state index in [1.165, 1.54) is 49.1 Å². The standard InChI is InChI=1S/C23H34N2O3S/c26-23(27)20-19-16-8-5-12-25(14-16)17(11-10-15-6-1-2-7-15)21(19)29-22(20)24-18-9-3-4-13-28-18/h15-16,18,22,24H,1-14H2,(H,26,27). The molecule has 0 radical (unpaired) electrons. The molecule has 2 bridgehead atoms. The van der Waals surface area contributed by atoms with Crippen molar-refractivity contribution in [2.75, 3.05) is 19.7 Å². The fourth-order valence-corrected chi connectivity index (χ4v) is 7.60. The van der Waals surface area contributed by atoms with Gasteiger partial charge >= 0.3 is 5.97 Å². The number of carboxylic acid groups (broad SMARTS) is 1. The number of rotatable bonds is 6. The van der Waals surface area contributed by atoms with Gasteiger partial charge in [-0.3, -0.25) is 5.32 Å². The van der Waals surface area contributed by atoms with Crippen molar-refractivity contribution in [3.8, 4) is 0 Å². The van der Waals surface area contributed by atoms with Crippen molar-refractivity contribution in [2.45, 2.75) is 82.2 Å². The van der Waals surface area contributed by atoms with Gasteiger partial charge in [-0.15, -0.1) is 0 Å². The van der Waals surface area contributed by atoms with Crippen LogP contribution in [-0.2, 0) is 9.53 Å². The van der Waals surface area contributed by atoms with E-state index in [9.17, 15) is 9.90 Å². The Morgan fingerprint density at radius 1 is 1.14 bits per heavy atom. The van der Waals surface area contributed by atoms with Gasteiger partial charge < -0.3 is 14.7 Å². The van der Waals surface area contributed by atoms with Crippen molar-refractivity contribution in [3.63, 3.8) is 0 Å². The molecule has 0 spiro atoms. The number of carboxylic acids is 1. The normalized spacial score (nSPS) is 32.8. The van der Waals surface area contributed by atoms with Crippen LogP contribution in [0.15, 0.2) is 21.7 Å². The molecule has 0 amide bonds. The summed E-state index contributed by atoms with van der Waals surface area (Å²) in [4.78, 5) is 16.2. The highest BCUT2D eigenvalue weighted by Crippen LogP contribution is 2.52. The predicted octanol–water partition coefficient (Wildman–Crippen LogP) is 4.46. The van der Waals surface area contributed by atoms with E-state index in [4.69, 9.17) is 4.74 Å². The third-order valence-electron chi connectivity index (χ3n) is 7.52. The second kappa shape index (κ2) is 8.64. The van der Waals surface area contributed by atoms with E-state index in [0.29, 0.717) is 11.5 Å². The maximum absolute atomic E-state index is 12.4. The van der Waals surface area contributed by atoms with E-state index < -0.39 is 5.97 Å². The zero-order chi connectivity index (χ0) is 19.8. The summed E-state index contributed by atoms with van der Waals surface area (Å²) in [7, 11) is 0. The largest absolute Gasteiger partial charge is 0.478 e. The average molecular weight is 419 g/mol. The van der Waals surface area contributed by atoms with Crippen LogP contribution >= 0.6 is 11.8 Å². The van der Waals surface area contributed by atoms with Crippen LogP contribution in [0.3, 0.4) is 0 Å². The van der Waals surface area contributed by atoms with Gasteiger partial charge in [0.2, 0.25) is 0 Å². The van der Waals surface area contributed by atoms with Crippen LogP contribution in [0.1, 0.15) is 70.6 Å². The van der Waals surface area contributed by atoms with Crippen molar-refractivity contribution in [1.29, 1.82) is 0 Å². The smallest absolute Gasteiger partial charge is 0.334 e. The summed E-state index contributed by atoms with van der Waals surface area (Å²) in [5.41, 5.74) is 3.22. The molecule has 0 aromatic carbocycles. The molecule has 3 unspecified atom stereocenters. The third-order valence-corrected chi connectivity index (χ3v) is 8.82. The van der Waals surface area contributed by atoms with Crippen LogP contribution in [0.4, 0.5) is 0 Å². The van der Waals surface area contributed by atoms with Gasteiger partial charge in [-0.2, -0.15) is 0 Å². The fraction of sp³-hybridized carbons (Fsp3) is 0.783. The number of aliphatic carboxylic acids is 1. The van der Waals surface area contributed by atoms with Gasteiger partial charge in [0.05, 0.1) is 10.9 Å². The number of fused-ring (bicyclic) bond motifs is 4. The van der Waals surface area contributed by atoms with E-state index >= 15 is 0 Å². The molecule has 3 atom stereocenters. The van der Waals surface area contributed by atoms with Crippen molar-refractivity contribution in [1.82, 2.24) is 10.2 Å². The Bertz CT molecular complexity index is 707. The minimum Gasteiger partial charge on any atom is -0.478 e. The number of hydrogen-bond acceptors (Lipinski definition) is 5. The Balaban J connectivity index is 1.44. The van der Waals surface area contributed by atoms with Crippen LogP contribution in [-0.4, -0.2) is 47.3 Å². The molecule has 6 heteroatoms. The molecule has 1 saturated carbocycles. The molecule has 2 saturated heterocycles. The summed E-state index contributed by atoms with van der Waals surface area (Å²) >= 11 is 1.76. The van der Waals surface area contributed by atoms with E-state index in [1.807, 2.05) is 0 Å². The summed E-state index contributed by atoms with van der Waals surface area (Å²) in [5, 5.41) is 13.5. The van der Waals surface area contributed by atoms with Gasteiger partial charge in [0.25, 0.3) is 0 Å². The van der Waals surface area contributed by atoms with Crippen molar-refractivity contribution < 1.29 is 14.6 Å². The zero-order valence-electron chi connectivity index (χ0n) is 17.3. The zero-order valence-corrected chi connectivity index (χ0v) is 18.1. The SMILES string of the molecule is O=C(O)C1=C2C(=C(CCC3CCCC3)N3CCCC2C3)SC1NC1CCCCO1. The van der Waals surface area contributed by atoms with Gasteiger partial charge in [0.1, 0.15) is 6.23 Å². The molecule has 1 aliphatic carbocycles. The maximum atomic E-state index is 12.4. The number of nitrogens with one attached hydrogen (secondary N) is 1. The average Bonchev–Trinajstić information content (AvgIpc) is 3.37. The van der Waals surface area contributed by atoms with Crippen LogP contribution in [0, 0.1) is 11.8 Å².